The Balaban J connectivity index is 3.73. The van der Waals surface area contributed by atoms with E-state index in [1.165, 1.54) is 0 Å². The summed E-state index contributed by atoms with van der Waals surface area (Å²) in [5, 5.41) is 0. The summed E-state index contributed by atoms with van der Waals surface area (Å²) < 4.78 is 4.81. The van der Waals surface area contributed by atoms with E-state index in [9.17, 15) is 4.79 Å². The van der Waals surface area contributed by atoms with Crippen molar-refractivity contribution in [3.05, 3.63) is 0 Å². The number of hydroxylamine groups is 1. The summed E-state index contributed by atoms with van der Waals surface area (Å²) in [5.74, 6) is -0.322. The Labute approximate surface area is 84.9 Å². The van der Waals surface area contributed by atoms with Gasteiger partial charge in [0.15, 0.2) is 0 Å². The Morgan fingerprint density at radius 1 is 1.50 bits per heavy atom. The second-order valence-electron chi connectivity index (χ2n) is 4.07. The number of carbonyl (C=O) groups excluding carboxylic acids is 1. The highest BCUT2D eigenvalue weighted by Gasteiger charge is 2.17. The lowest BCUT2D eigenvalue weighted by molar-refractivity contribution is -0.147. The Bertz CT molecular complexity index is 177. The molecule has 0 radical (unpaired) electrons. The minimum absolute atomic E-state index is 0.322. The van der Waals surface area contributed by atoms with Crippen LogP contribution in [0.4, 0.5) is 0 Å². The fourth-order valence-corrected chi connectivity index (χ4v) is 0.655. The molecule has 0 aromatic carbocycles. The van der Waals surface area contributed by atoms with E-state index < -0.39 is 11.6 Å². The molecule has 0 rings (SSSR count). The molecule has 0 fully saturated rings. The van der Waals surface area contributed by atoms with Gasteiger partial charge in [-0.1, -0.05) is 0 Å². The third-order valence-corrected chi connectivity index (χ3v) is 1.43. The van der Waals surface area contributed by atoms with Crippen molar-refractivity contribution in [1.82, 2.24) is 5.48 Å². The fraction of sp³-hybridized carbons (Fsp3) is 0.889. The van der Waals surface area contributed by atoms with Crippen molar-refractivity contribution in [3.63, 3.8) is 0 Å². The van der Waals surface area contributed by atoms with Crippen LogP contribution in [0.25, 0.3) is 0 Å². The SMILES string of the molecule is COCCC(N)C(=O)NOC(C)(C)C. The molecule has 1 amide bonds. The Kier molecular flexibility index (Phi) is 5.68. The Morgan fingerprint density at radius 3 is 2.50 bits per heavy atom. The van der Waals surface area contributed by atoms with Crippen molar-refractivity contribution < 1.29 is 14.4 Å². The number of nitrogens with one attached hydrogen (secondary N) is 1. The second kappa shape index (κ2) is 5.95. The van der Waals surface area contributed by atoms with E-state index in [-0.39, 0.29) is 5.91 Å². The van der Waals surface area contributed by atoms with Crippen molar-refractivity contribution in [2.75, 3.05) is 13.7 Å². The molecular formula is C9H20N2O3. The van der Waals surface area contributed by atoms with Gasteiger partial charge < -0.3 is 10.5 Å². The topological polar surface area (TPSA) is 73.6 Å². The summed E-state index contributed by atoms with van der Waals surface area (Å²) in [5.41, 5.74) is 7.47. The first kappa shape index (κ1) is 13.4. The van der Waals surface area contributed by atoms with Crippen LogP contribution in [-0.4, -0.2) is 31.3 Å². The molecule has 0 aliphatic rings. The molecule has 0 spiro atoms. The predicted octanol–water partition coefficient (Wildman–Crippen LogP) is 0.197. The van der Waals surface area contributed by atoms with Crippen LogP contribution in [0.1, 0.15) is 27.2 Å². The van der Waals surface area contributed by atoms with Crippen molar-refractivity contribution in [2.45, 2.75) is 38.8 Å². The first-order chi connectivity index (χ1) is 6.37. The summed E-state index contributed by atoms with van der Waals surface area (Å²) in [7, 11) is 1.57. The van der Waals surface area contributed by atoms with Gasteiger partial charge in [-0.25, -0.2) is 5.48 Å². The van der Waals surface area contributed by atoms with E-state index in [4.69, 9.17) is 15.3 Å². The molecule has 84 valence electrons. The number of carbonyl (C=O) groups is 1. The lowest BCUT2D eigenvalue weighted by Gasteiger charge is -2.20. The lowest BCUT2D eigenvalue weighted by Crippen LogP contribution is -2.44. The maximum atomic E-state index is 11.3. The molecule has 0 saturated heterocycles. The van der Waals surface area contributed by atoms with Crippen LogP contribution in [0.3, 0.4) is 0 Å². The molecule has 0 aliphatic carbocycles. The molecule has 0 aromatic heterocycles. The van der Waals surface area contributed by atoms with Gasteiger partial charge in [-0.2, -0.15) is 0 Å². The molecule has 3 N–H and O–H groups in total. The zero-order valence-corrected chi connectivity index (χ0v) is 9.29. The minimum Gasteiger partial charge on any atom is -0.385 e. The van der Waals surface area contributed by atoms with Gasteiger partial charge in [0.05, 0.1) is 11.6 Å². The highest BCUT2D eigenvalue weighted by molar-refractivity contribution is 5.80. The Hall–Kier alpha value is -0.650. The zero-order valence-electron chi connectivity index (χ0n) is 9.29. The molecule has 0 heterocycles. The predicted molar refractivity (Wildman–Crippen MR) is 53.4 cm³/mol. The third kappa shape index (κ3) is 6.82. The van der Waals surface area contributed by atoms with E-state index >= 15 is 0 Å². The van der Waals surface area contributed by atoms with Crippen LogP contribution in [0, 0.1) is 0 Å². The van der Waals surface area contributed by atoms with Gasteiger partial charge in [0.25, 0.3) is 5.91 Å². The summed E-state index contributed by atoms with van der Waals surface area (Å²) in [6.07, 6.45) is 0.482. The van der Waals surface area contributed by atoms with E-state index in [2.05, 4.69) is 5.48 Å². The van der Waals surface area contributed by atoms with Crippen molar-refractivity contribution in [3.8, 4) is 0 Å². The van der Waals surface area contributed by atoms with E-state index in [1.807, 2.05) is 20.8 Å². The van der Waals surface area contributed by atoms with E-state index in [0.29, 0.717) is 13.0 Å². The molecule has 1 atom stereocenters. The average Bonchev–Trinajstić information content (AvgIpc) is 2.09. The number of rotatable bonds is 5. The van der Waals surface area contributed by atoms with Crippen LogP contribution in [-0.2, 0) is 14.4 Å². The first-order valence-electron chi connectivity index (χ1n) is 4.59. The van der Waals surface area contributed by atoms with Crippen molar-refractivity contribution >= 4 is 5.91 Å². The number of methoxy groups -OCH3 is 1. The van der Waals surface area contributed by atoms with Crippen molar-refractivity contribution in [2.24, 2.45) is 5.73 Å². The third-order valence-electron chi connectivity index (χ3n) is 1.43. The number of amides is 1. The average molecular weight is 204 g/mol. The van der Waals surface area contributed by atoms with Crippen LogP contribution in [0.5, 0.6) is 0 Å². The molecule has 0 aromatic rings. The van der Waals surface area contributed by atoms with Crippen molar-refractivity contribution in [1.29, 1.82) is 0 Å². The number of hydrogen-bond acceptors (Lipinski definition) is 4. The highest BCUT2D eigenvalue weighted by atomic mass is 16.7. The van der Waals surface area contributed by atoms with Crippen LogP contribution in [0.15, 0.2) is 0 Å². The molecule has 14 heavy (non-hydrogen) atoms. The number of nitrogens with two attached hydrogens (primary N) is 1. The quantitative estimate of drug-likeness (QED) is 0.627. The van der Waals surface area contributed by atoms with Gasteiger partial charge >= 0.3 is 0 Å². The van der Waals surface area contributed by atoms with Crippen LogP contribution < -0.4 is 11.2 Å². The van der Waals surface area contributed by atoms with Gasteiger partial charge in [0.2, 0.25) is 0 Å². The second-order valence-corrected chi connectivity index (χ2v) is 4.07. The summed E-state index contributed by atoms with van der Waals surface area (Å²) in [6, 6.07) is -0.586. The molecule has 1 unspecified atom stereocenters. The molecule has 0 aliphatic heterocycles. The molecule has 0 saturated carbocycles. The van der Waals surface area contributed by atoms with E-state index in [0.717, 1.165) is 0 Å². The number of ether oxygens (including phenoxy) is 1. The first-order valence-corrected chi connectivity index (χ1v) is 4.59. The lowest BCUT2D eigenvalue weighted by atomic mass is 10.2. The van der Waals surface area contributed by atoms with Gasteiger partial charge in [0.1, 0.15) is 0 Å². The highest BCUT2D eigenvalue weighted by Crippen LogP contribution is 2.03. The van der Waals surface area contributed by atoms with Crippen LogP contribution in [0.2, 0.25) is 0 Å². The largest absolute Gasteiger partial charge is 0.385 e. The van der Waals surface area contributed by atoms with Gasteiger partial charge in [-0.05, 0) is 27.2 Å². The number of hydrogen-bond donors (Lipinski definition) is 2. The maximum absolute atomic E-state index is 11.3. The maximum Gasteiger partial charge on any atom is 0.260 e. The molecule has 0 bridgehead atoms. The van der Waals surface area contributed by atoms with Crippen LogP contribution >= 0.6 is 0 Å². The smallest absolute Gasteiger partial charge is 0.260 e. The molecule has 5 heteroatoms. The summed E-state index contributed by atoms with van der Waals surface area (Å²) in [4.78, 5) is 16.4. The summed E-state index contributed by atoms with van der Waals surface area (Å²) >= 11 is 0. The monoisotopic (exact) mass is 204 g/mol. The normalized spacial score (nSPS) is 13.8. The fourth-order valence-electron chi connectivity index (χ4n) is 0.655. The molecule has 5 nitrogen and oxygen atoms in total. The molecular weight excluding hydrogens is 184 g/mol. The van der Waals surface area contributed by atoms with Gasteiger partial charge in [-0.3, -0.25) is 9.63 Å². The summed E-state index contributed by atoms with van der Waals surface area (Å²) in [6.45, 7) is 5.99. The van der Waals surface area contributed by atoms with Gasteiger partial charge in [-0.15, -0.1) is 0 Å². The zero-order chi connectivity index (χ0) is 11.2. The van der Waals surface area contributed by atoms with E-state index in [1.54, 1.807) is 7.11 Å². The standard InChI is InChI=1S/C9H20N2O3/c1-9(2,3)14-11-8(12)7(10)5-6-13-4/h7H,5-6,10H2,1-4H3,(H,11,12). The Morgan fingerprint density at radius 2 is 2.07 bits per heavy atom. The van der Waals surface area contributed by atoms with Gasteiger partial charge in [0, 0.05) is 13.7 Å². The minimum atomic E-state index is -0.586.